The number of nitrogens with one attached hydrogen (secondary N) is 1. The summed E-state index contributed by atoms with van der Waals surface area (Å²) >= 11 is 0. The monoisotopic (exact) mass is 554 g/mol. The maximum absolute atomic E-state index is 12.3. The highest BCUT2D eigenvalue weighted by atomic mass is 19.1. The number of aromatic carboxylic acids is 1. The smallest absolute Gasteiger partial charge is 0.337 e. The molecule has 2 aromatic heterocycles. The number of hydrogen-bond acceptors (Lipinski definition) is 5. The number of carbonyl (C=O) groups is 2. The van der Waals surface area contributed by atoms with Crippen molar-refractivity contribution in [3.63, 3.8) is 0 Å². The Balaban J connectivity index is 0.000000180. The second-order valence-corrected chi connectivity index (χ2v) is 8.67. The zero-order chi connectivity index (χ0) is 28.6. The third-order valence-corrected chi connectivity index (χ3v) is 5.87. The summed E-state index contributed by atoms with van der Waals surface area (Å²) in [6.45, 7) is 3.89. The summed E-state index contributed by atoms with van der Waals surface area (Å²) in [5, 5.41) is 8.91. The number of halogens is 1. The molecule has 0 bridgehead atoms. The number of nitrogens with zero attached hydrogens (tertiary/aromatic N) is 3. The average Bonchev–Trinajstić information content (AvgIpc) is 3.51. The third kappa shape index (κ3) is 7.42. The quantitative estimate of drug-likeness (QED) is 0.225. The van der Waals surface area contributed by atoms with Crippen LogP contribution in [0.3, 0.4) is 0 Å². The lowest BCUT2D eigenvalue weighted by Crippen LogP contribution is -2.00. The lowest BCUT2D eigenvalue weighted by Gasteiger charge is -2.07. The molecule has 4 aromatic carbocycles. The summed E-state index contributed by atoms with van der Waals surface area (Å²) in [4.78, 5) is 33.5. The SMILES string of the molecule is C.COC(=O)c1ccc(F)cc1.Cc1nc2ccccc2[nH]1.Cc1nc2ccccc2n1-c1ccc(C(=O)O)cc1. The van der Waals surface area contributed by atoms with Crippen LogP contribution in [0.5, 0.6) is 0 Å². The first-order chi connectivity index (χ1) is 19.3. The summed E-state index contributed by atoms with van der Waals surface area (Å²) in [5.41, 5.74) is 5.65. The number of fused-ring (bicyclic) bond motifs is 2. The Morgan fingerprint density at radius 2 is 1.39 bits per heavy atom. The van der Waals surface area contributed by atoms with Crippen molar-refractivity contribution in [2.45, 2.75) is 21.3 Å². The van der Waals surface area contributed by atoms with Crippen molar-refractivity contribution in [3.8, 4) is 5.69 Å². The molecule has 210 valence electrons. The molecule has 0 amide bonds. The van der Waals surface area contributed by atoms with E-state index in [1.54, 1.807) is 24.3 Å². The van der Waals surface area contributed by atoms with E-state index in [0.29, 0.717) is 5.56 Å². The lowest BCUT2D eigenvalue weighted by atomic mass is 10.2. The zero-order valence-corrected chi connectivity index (χ0v) is 22.1. The first kappa shape index (κ1) is 30.2. The third-order valence-electron chi connectivity index (χ3n) is 5.87. The Kier molecular flexibility index (Phi) is 10.1. The number of carboxylic acid groups (broad SMARTS) is 1. The summed E-state index contributed by atoms with van der Waals surface area (Å²) < 4.78 is 18.7. The molecule has 0 aliphatic rings. The first-order valence-corrected chi connectivity index (χ1v) is 12.3. The van der Waals surface area contributed by atoms with E-state index in [4.69, 9.17) is 5.11 Å². The van der Waals surface area contributed by atoms with Gasteiger partial charge in [0.2, 0.25) is 0 Å². The van der Waals surface area contributed by atoms with Gasteiger partial charge in [-0.15, -0.1) is 0 Å². The molecule has 0 radical (unpaired) electrons. The molecular formula is C32H31FN4O4. The highest BCUT2D eigenvalue weighted by molar-refractivity contribution is 5.89. The van der Waals surface area contributed by atoms with Crippen molar-refractivity contribution < 1.29 is 23.8 Å². The van der Waals surface area contributed by atoms with Gasteiger partial charge in [-0.1, -0.05) is 31.7 Å². The number of rotatable bonds is 3. The van der Waals surface area contributed by atoms with E-state index >= 15 is 0 Å². The van der Waals surface area contributed by atoms with Crippen LogP contribution in [0.25, 0.3) is 27.8 Å². The molecule has 9 heteroatoms. The van der Waals surface area contributed by atoms with Crippen LogP contribution in [-0.4, -0.2) is 43.7 Å². The number of aromatic amines is 1. The molecule has 0 saturated heterocycles. The molecule has 2 heterocycles. The van der Waals surface area contributed by atoms with E-state index in [-0.39, 0.29) is 18.8 Å². The number of para-hydroxylation sites is 4. The predicted octanol–water partition coefficient (Wildman–Crippen LogP) is 7.15. The van der Waals surface area contributed by atoms with Crippen LogP contribution in [0.15, 0.2) is 97.1 Å². The number of aryl methyl sites for hydroxylation is 2. The van der Waals surface area contributed by atoms with Crippen molar-refractivity contribution in [2.75, 3.05) is 7.11 Å². The molecule has 6 aromatic rings. The molecule has 41 heavy (non-hydrogen) atoms. The fourth-order valence-electron chi connectivity index (χ4n) is 4.01. The fraction of sp³-hybridized carbons (Fsp3) is 0.125. The molecule has 0 atom stereocenters. The number of methoxy groups -OCH3 is 1. The van der Waals surface area contributed by atoms with Gasteiger partial charge in [0.1, 0.15) is 17.5 Å². The van der Waals surface area contributed by atoms with Crippen LogP contribution in [0.2, 0.25) is 0 Å². The molecule has 6 rings (SSSR count). The number of imidazole rings is 2. The van der Waals surface area contributed by atoms with Gasteiger partial charge < -0.3 is 14.8 Å². The minimum Gasteiger partial charge on any atom is -0.478 e. The molecule has 0 saturated carbocycles. The Morgan fingerprint density at radius 3 is 2.00 bits per heavy atom. The largest absolute Gasteiger partial charge is 0.478 e. The molecular weight excluding hydrogens is 523 g/mol. The number of carboxylic acids is 1. The number of ether oxygens (including phenoxy) is 1. The standard InChI is InChI=1S/C15H12N2O2.C8H7FO2.C8H8N2.CH4/c1-10-16-13-4-2-3-5-14(13)17(10)12-8-6-11(7-9-12)15(18)19;1-11-8(10)6-2-4-7(9)5-3-6;1-6-9-7-4-2-3-5-8(7)10-6;/h2-9H,1H3,(H,18,19);2-5H,1H3;2-5H,1H3,(H,9,10);1H4. The van der Waals surface area contributed by atoms with Crippen LogP contribution in [0.4, 0.5) is 4.39 Å². The predicted molar refractivity (Wildman–Crippen MR) is 158 cm³/mol. The van der Waals surface area contributed by atoms with Crippen molar-refractivity contribution in [2.24, 2.45) is 0 Å². The number of benzene rings is 4. The van der Waals surface area contributed by atoms with Crippen LogP contribution >= 0.6 is 0 Å². The van der Waals surface area contributed by atoms with Gasteiger partial charge in [-0.3, -0.25) is 4.57 Å². The normalized spacial score (nSPS) is 10.0. The number of esters is 1. The molecule has 0 spiro atoms. The molecule has 0 unspecified atom stereocenters. The van der Waals surface area contributed by atoms with Gasteiger partial charge in [0, 0.05) is 5.69 Å². The number of hydrogen-bond donors (Lipinski definition) is 2. The van der Waals surface area contributed by atoms with E-state index in [0.717, 1.165) is 39.4 Å². The topological polar surface area (TPSA) is 110 Å². The van der Waals surface area contributed by atoms with Gasteiger partial charge in [0.05, 0.1) is 40.3 Å². The Labute approximate surface area is 237 Å². The summed E-state index contributed by atoms with van der Waals surface area (Å²) in [6, 6.07) is 27.9. The van der Waals surface area contributed by atoms with E-state index in [9.17, 15) is 14.0 Å². The van der Waals surface area contributed by atoms with Gasteiger partial charge in [0.15, 0.2) is 0 Å². The molecule has 0 fully saturated rings. The van der Waals surface area contributed by atoms with E-state index in [1.165, 1.54) is 31.4 Å². The van der Waals surface area contributed by atoms with Crippen molar-refractivity contribution in [1.82, 2.24) is 19.5 Å². The Hall–Kier alpha value is -5.31. The van der Waals surface area contributed by atoms with Crippen molar-refractivity contribution >= 4 is 34.0 Å². The second kappa shape index (κ2) is 13.7. The number of H-pyrrole nitrogens is 1. The van der Waals surface area contributed by atoms with E-state index in [2.05, 4.69) is 19.7 Å². The lowest BCUT2D eigenvalue weighted by molar-refractivity contribution is 0.0599. The maximum Gasteiger partial charge on any atom is 0.337 e. The fourth-order valence-corrected chi connectivity index (χ4v) is 4.01. The average molecular weight is 555 g/mol. The molecule has 0 aliphatic heterocycles. The van der Waals surface area contributed by atoms with Gasteiger partial charge in [-0.25, -0.2) is 23.9 Å². The number of carbonyl (C=O) groups excluding carboxylic acids is 1. The first-order valence-electron chi connectivity index (χ1n) is 12.3. The van der Waals surface area contributed by atoms with E-state index < -0.39 is 11.9 Å². The molecule has 8 nitrogen and oxygen atoms in total. The van der Waals surface area contributed by atoms with Crippen LogP contribution < -0.4 is 0 Å². The highest BCUT2D eigenvalue weighted by Gasteiger charge is 2.09. The minimum atomic E-state index is -0.918. The summed E-state index contributed by atoms with van der Waals surface area (Å²) in [7, 11) is 1.28. The summed E-state index contributed by atoms with van der Waals surface area (Å²) in [5.74, 6) is 0.117. The van der Waals surface area contributed by atoms with Gasteiger partial charge in [-0.2, -0.15) is 0 Å². The van der Waals surface area contributed by atoms with Crippen molar-refractivity contribution in [1.29, 1.82) is 0 Å². The van der Waals surface area contributed by atoms with Gasteiger partial charge >= 0.3 is 11.9 Å². The summed E-state index contributed by atoms with van der Waals surface area (Å²) in [6.07, 6.45) is 0. The van der Waals surface area contributed by atoms with Gasteiger partial charge in [0.25, 0.3) is 0 Å². The van der Waals surface area contributed by atoms with Crippen LogP contribution in [0.1, 0.15) is 39.8 Å². The molecule has 0 aliphatic carbocycles. The molecule has 2 N–H and O–H groups in total. The second-order valence-electron chi connectivity index (χ2n) is 8.67. The number of aromatic nitrogens is 4. The van der Waals surface area contributed by atoms with E-state index in [1.807, 2.05) is 66.9 Å². The zero-order valence-electron chi connectivity index (χ0n) is 22.1. The van der Waals surface area contributed by atoms with Crippen molar-refractivity contribution in [3.05, 3.63) is 126 Å². The van der Waals surface area contributed by atoms with Crippen LogP contribution in [-0.2, 0) is 4.74 Å². The van der Waals surface area contributed by atoms with Gasteiger partial charge in [-0.05, 0) is 86.6 Å². The van der Waals surface area contributed by atoms with Crippen LogP contribution in [0, 0.1) is 19.7 Å². The Morgan fingerprint density at radius 1 is 0.805 bits per heavy atom. The highest BCUT2D eigenvalue weighted by Crippen LogP contribution is 2.21. The Bertz CT molecular complexity index is 1720. The maximum atomic E-state index is 12.3. The minimum absolute atomic E-state index is 0.